The van der Waals surface area contributed by atoms with Crippen LogP contribution in [0.1, 0.15) is 38.3 Å². The van der Waals surface area contributed by atoms with Crippen molar-refractivity contribution >= 4 is 23.6 Å². The fraction of sp³-hybridized carbons (Fsp3) is 0.348. The standard InChI is InChI=1S/C23H29N3O3/c1-23(2,3)29-22(28)21(11-8-12-24-4)19-13-20(15-25-14-19)26(17-27)16-18-9-6-5-7-10-18/h5-7,9-11,13-15,17,24H,8,12,16H2,1-4H3. The van der Waals surface area contributed by atoms with Crippen molar-refractivity contribution in [1.82, 2.24) is 10.3 Å². The highest BCUT2D eigenvalue weighted by Crippen LogP contribution is 2.24. The van der Waals surface area contributed by atoms with Crippen molar-refractivity contribution in [3.8, 4) is 0 Å². The third-order valence-corrected chi connectivity index (χ3v) is 4.05. The predicted octanol–water partition coefficient (Wildman–Crippen LogP) is 3.58. The molecule has 0 aliphatic rings. The minimum atomic E-state index is -0.605. The van der Waals surface area contributed by atoms with Gasteiger partial charge in [0.1, 0.15) is 5.60 Å². The van der Waals surface area contributed by atoms with Crippen LogP contribution in [0.4, 0.5) is 5.69 Å². The number of hydrogen-bond acceptors (Lipinski definition) is 5. The van der Waals surface area contributed by atoms with Gasteiger partial charge in [0.2, 0.25) is 6.41 Å². The quantitative estimate of drug-likeness (QED) is 0.304. The molecule has 0 aliphatic heterocycles. The molecule has 0 radical (unpaired) electrons. The molecule has 1 aromatic carbocycles. The van der Waals surface area contributed by atoms with Crippen LogP contribution in [0.25, 0.3) is 5.57 Å². The minimum absolute atomic E-state index is 0.409. The van der Waals surface area contributed by atoms with E-state index in [2.05, 4.69) is 10.3 Å². The summed E-state index contributed by atoms with van der Waals surface area (Å²) in [6.07, 6.45) is 6.50. The molecular formula is C23H29N3O3. The van der Waals surface area contributed by atoms with Crippen LogP contribution < -0.4 is 10.2 Å². The fourth-order valence-corrected chi connectivity index (χ4v) is 2.71. The minimum Gasteiger partial charge on any atom is -0.456 e. The number of ether oxygens (including phenoxy) is 1. The van der Waals surface area contributed by atoms with Crippen LogP contribution in [0.5, 0.6) is 0 Å². The van der Waals surface area contributed by atoms with Gasteiger partial charge in [0.05, 0.1) is 24.0 Å². The zero-order chi connectivity index (χ0) is 21.3. The summed E-state index contributed by atoms with van der Waals surface area (Å²) in [4.78, 5) is 30.3. The second-order valence-corrected chi connectivity index (χ2v) is 7.66. The highest BCUT2D eigenvalue weighted by molar-refractivity contribution is 6.16. The van der Waals surface area contributed by atoms with Gasteiger partial charge in [-0.15, -0.1) is 0 Å². The number of amides is 1. The Morgan fingerprint density at radius 1 is 1.21 bits per heavy atom. The van der Waals surface area contributed by atoms with Crippen LogP contribution in [-0.2, 0) is 20.9 Å². The van der Waals surface area contributed by atoms with Gasteiger partial charge in [-0.25, -0.2) is 4.79 Å². The van der Waals surface area contributed by atoms with Crippen LogP contribution in [0.15, 0.2) is 54.9 Å². The van der Waals surface area contributed by atoms with Crippen LogP contribution in [0.3, 0.4) is 0 Å². The lowest BCUT2D eigenvalue weighted by Gasteiger charge is -2.22. The maximum atomic E-state index is 12.8. The Balaban J connectivity index is 2.33. The molecule has 1 N–H and O–H groups in total. The van der Waals surface area contributed by atoms with Gasteiger partial charge in [0.15, 0.2) is 0 Å². The second-order valence-electron chi connectivity index (χ2n) is 7.66. The van der Waals surface area contributed by atoms with E-state index in [1.807, 2.05) is 64.2 Å². The molecule has 0 aliphatic carbocycles. The first-order valence-corrected chi connectivity index (χ1v) is 9.63. The number of pyridine rings is 1. The first-order chi connectivity index (χ1) is 13.8. The highest BCUT2D eigenvalue weighted by atomic mass is 16.6. The number of nitrogens with one attached hydrogen (secondary N) is 1. The molecule has 154 valence electrons. The SMILES string of the molecule is CNCCC=C(C(=O)OC(C)(C)C)c1cncc(N(C=O)Cc2ccccc2)c1. The molecule has 0 unspecified atom stereocenters. The van der Waals surface area contributed by atoms with E-state index >= 15 is 0 Å². The van der Waals surface area contributed by atoms with E-state index in [1.54, 1.807) is 23.4 Å². The topological polar surface area (TPSA) is 71.5 Å². The van der Waals surface area contributed by atoms with E-state index in [4.69, 9.17) is 4.74 Å². The maximum absolute atomic E-state index is 12.8. The average molecular weight is 396 g/mol. The number of hydrogen-bond donors (Lipinski definition) is 1. The molecule has 0 saturated carbocycles. The van der Waals surface area contributed by atoms with E-state index in [0.29, 0.717) is 29.8 Å². The van der Waals surface area contributed by atoms with Gasteiger partial charge in [-0.2, -0.15) is 0 Å². The largest absolute Gasteiger partial charge is 0.456 e. The van der Waals surface area contributed by atoms with Gasteiger partial charge >= 0.3 is 5.97 Å². The summed E-state index contributed by atoms with van der Waals surface area (Å²) in [6.45, 7) is 6.64. The molecule has 0 atom stereocenters. The number of rotatable bonds is 9. The Hall–Kier alpha value is -2.99. The Bertz CT molecular complexity index is 842. The van der Waals surface area contributed by atoms with Crippen molar-refractivity contribution in [2.24, 2.45) is 0 Å². The second kappa shape index (κ2) is 10.5. The predicted molar refractivity (Wildman–Crippen MR) is 115 cm³/mol. The van der Waals surface area contributed by atoms with E-state index in [-0.39, 0.29) is 0 Å². The first kappa shape index (κ1) is 22.3. The summed E-state index contributed by atoms with van der Waals surface area (Å²) in [7, 11) is 1.86. The summed E-state index contributed by atoms with van der Waals surface area (Å²) in [5.41, 5.74) is 2.07. The number of esters is 1. The van der Waals surface area contributed by atoms with Gasteiger partial charge in [-0.05, 0) is 52.4 Å². The van der Waals surface area contributed by atoms with E-state index < -0.39 is 11.6 Å². The molecule has 0 spiro atoms. The third-order valence-electron chi connectivity index (χ3n) is 4.05. The monoisotopic (exact) mass is 395 g/mol. The summed E-state index contributed by atoms with van der Waals surface area (Å²) < 4.78 is 5.57. The zero-order valence-corrected chi connectivity index (χ0v) is 17.5. The molecule has 6 nitrogen and oxygen atoms in total. The number of nitrogens with zero attached hydrogens (tertiary/aromatic N) is 2. The van der Waals surface area contributed by atoms with E-state index in [0.717, 1.165) is 18.5 Å². The Kier molecular flexibility index (Phi) is 8.09. The van der Waals surface area contributed by atoms with Crippen molar-refractivity contribution < 1.29 is 14.3 Å². The Morgan fingerprint density at radius 2 is 1.93 bits per heavy atom. The van der Waals surface area contributed by atoms with Crippen LogP contribution >= 0.6 is 0 Å². The number of benzene rings is 1. The van der Waals surface area contributed by atoms with Gasteiger partial charge in [0.25, 0.3) is 0 Å². The summed E-state index contributed by atoms with van der Waals surface area (Å²) in [6, 6.07) is 11.5. The van der Waals surface area contributed by atoms with Crippen LogP contribution in [0.2, 0.25) is 0 Å². The lowest BCUT2D eigenvalue weighted by atomic mass is 10.1. The van der Waals surface area contributed by atoms with E-state index in [9.17, 15) is 9.59 Å². The van der Waals surface area contributed by atoms with Crippen molar-refractivity contribution in [1.29, 1.82) is 0 Å². The third kappa shape index (κ3) is 7.16. The first-order valence-electron chi connectivity index (χ1n) is 9.63. The lowest BCUT2D eigenvalue weighted by molar-refractivity contribution is -0.147. The smallest absolute Gasteiger partial charge is 0.338 e. The van der Waals surface area contributed by atoms with Gasteiger partial charge in [-0.3, -0.25) is 9.78 Å². The summed E-state index contributed by atoms with van der Waals surface area (Å²) >= 11 is 0. The van der Waals surface area contributed by atoms with Gasteiger partial charge < -0.3 is 15.0 Å². The molecule has 1 heterocycles. The molecule has 29 heavy (non-hydrogen) atoms. The maximum Gasteiger partial charge on any atom is 0.338 e. The van der Waals surface area contributed by atoms with Crippen LogP contribution in [0, 0.1) is 0 Å². The fourth-order valence-electron chi connectivity index (χ4n) is 2.71. The van der Waals surface area contributed by atoms with E-state index in [1.165, 1.54) is 0 Å². The molecule has 2 rings (SSSR count). The molecule has 0 fully saturated rings. The molecule has 0 saturated heterocycles. The highest BCUT2D eigenvalue weighted by Gasteiger charge is 2.22. The van der Waals surface area contributed by atoms with Crippen LogP contribution in [-0.4, -0.2) is 36.6 Å². The lowest BCUT2D eigenvalue weighted by Crippen LogP contribution is -2.25. The number of anilines is 1. The molecule has 0 bridgehead atoms. The summed E-state index contributed by atoms with van der Waals surface area (Å²) in [5, 5.41) is 3.06. The van der Waals surface area contributed by atoms with Crippen molar-refractivity contribution in [2.75, 3.05) is 18.5 Å². The normalized spacial score (nSPS) is 11.8. The molecule has 1 amide bonds. The zero-order valence-electron chi connectivity index (χ0n) is 17.5. The number of aromatic nitrogens is 1. The number of carbonyl (C=O) groups is 2. The van der Waals surface area contributed by atoms with Crippen molar-refractivity contribution in [3.05, 3.63) is 66.0 Å². The molecule has 6 heteroatoms. The Morgan fingerprint density at radius 3 is 2.55 bits per heavy atom. The molecule has 2 aromatic rings. The molecule has 1 aromatic heterocycles. The van der Waals surface area contributed by atoms with Gasteiger partial charge in [-0.1, -0.05) is 36.4 Å². The van der Waals surface area contributed by atoms with Crippen molar-refractivity contribution in [3.63, 3.8) is 0 Å². The summed E-state index contributed by atoms with van der Waals surface area (Å²) in [5.74, 6) is -0.409. The van der Waals surface area contributed by atoms with Crippen molar-refractivity contribution in [2.45, 2.75) is 39.3 Å². The molecular weight excluding hydrogens is 366 g/mol. The average Bonchev–Trinajstić information content (AvgIpc) is 2.69. The number of carbonyl (C=O) groups excluding carboxylic acids is 2. The Labute approximate surface area is 172 Å². The van der Waals surface area contributed by atoms with Gasteiger partial charge in [0, 0.05) is 11.8 Å².